The standard InChI is InChI=1S/C16H19NO3.C2H2O4/c1-2-3-10-17-11-14-8-9-15(20-14)12-4-6-13(7-5-12)16(18)19;3-1(4)2(5)6/h4-9,17H,2-3,10-11H2,1H3,(H,18,19);(H,3,4)(H,5,6). The smallest absolute Gasteiger partial charge is 0.414 e. The number of nitrogens with one attached hydrogen (secondary N) is 1. The number of aliphatic carboxylic acids is 2. The Balaban J connectivity index is 0.000000487. The average Bonchev–Trinajstić information content (AvgIpc) is 3.08. The van der Waals surface area contributed by atoms with Gasteiger partial charge in [0.2, 0.25) is 0 Å². The maximum Gasteiger partial charge on any atom is 0.414 e. The minimum atomic E-state index is -1.82. The van der Waals surface area contributed by atoms with Crippen LogP contribution in [0.15, 0.2) is 40.8 Å². The van der Waals surface area contributed by atoms with Crippen molar-refractivity contribution in [3.05, 3.63) is 47.7 Å². The molecule has 0 aliphatic carbocycles. The van der Waals surface area contributed by atoms with Crippen molar-refractivity contribution in [2.45, 2.75) is 26.3 Å². The van der Waals surface area contributed by atoms with E-state index in [2.05, 4.69) is 12.2 Å². The average molecular weight is 363 g/mol. The van der Waals surface area contributed by atoms with Crippen LogP contribution in [0, 0.1) is 0 Å². The Morgan fingerprint density at radius 3 is 2.08 bits per heavy atom. The molecule has 0 saturated heterocycles. The Kier molecular flexibility index (Phi) is 8.59. The van der Waals surface area contributed by atoms with Crippen LogP contribution in [-0.4, -0.2) is 39.8 Å². The monoisotopic (exact) mass is 363 g/mol. The van der Waals surface area contributed by atoms with E-state index in [1.165, 1.54) is 6.42 Å². The van der Waals surface area contributed by atoms with Gasteiger partial charge in [-0.05, 0) is 37.2 Å². The van der Waals surface area contributed by atoms with Crippen LogP contribution in [-0.2, 0) is 16.1 Å². The Hall–Kier alpha value is -3.13. The van der Waals surface area contributed by atoms with Crippen LogP contribution in [0.25, 0.3) is 11.3 Å². The number of furan rings is 1. The number of carbonyl (C=O) groups is 3. The third kappa shape index (κ3) is 7.18. The lowest BCUT2D eigenvalue weighted by atomic mass is 10.1. The fraction of sp³-hybridized carbons (Fsp3) is 0.278. The molecule has 0 atom stereocenters. The molecule has 0 saturated carbocycles. The first-order chi connectivity index (χ1) is 12.3. The SMILES string of the molecule is CCCCNCc1ccc(-c2ccc(C(=O)O)cc2)o1.O=C(O)C(=O)O. The molecule has 4 N–H and O–H groups in total. The Labute approximate surface area is 150 Å². The maximum atomic E-state index is 10.8. The molecular formula is C18H21NO7. The van der Waals surface area contributed by atoms with Gasteiger partial charge >= 0.3 is 17.9 Å². The number of carboxylic acids is 3. The number of rotatable bonds is 7. The van der Waals surface area contributed by atoms with Crippen molar-refractivity contribution in [3.63, 3.8) is 0 Å². The molecule has 2 aromatic rings. The van der Waals surface area contributed by atoms with E-state index in [1.807, 2.05) is 12.1 Å². The van der Waals surface area contributed by atoms with E-state index in [0.29, 0.717) is 6.54 Å². The molecule has 0 amide bonds. The molecule has 8 heteroatoms. The van der Waals surface area contributed by atoms with Gasteiger partial charge in [-0.2, -0.15) is 0 Å². The molecule has 0 aliphatic rings. The van der Waals surface area contributed by atoms with E-state index in [4.69, 9.17) is 29.3 Å². The van der Waals surface area contributed by atoms with Gasteiger partial charge in [0.1, 0.15) is 11.5 Å². The normalized spacial score (nSPS) is 9.88. The van der Waals surface area contributed by atoms with E-state index >= 15 is 0 Å². The first kappa shape index (κ1) is 20.9. The van der Waals surface area contributed by atoms with E-state index in [1.54, 1.807) is 24.3 Å². The highest BCUT2D eigenvalue weighted by molar-refractivity contribution is 6.27. The molecular weight excluding hydrogens is 342 g/mol. The van der Waals surface area contributed by atoms with Gasteiger partial charge in [0.25, 0.3) is 0 Å². The van der Waals surface area contributed by atoms with Crippen LogP contribution >= 0.6 is 0 Å². The number of carboxylic acid groups (broad SMARTS) is 3. The quantitative estimate of drug-likeness (QED) is 0.435. The predicted octanol–water partition coefficient (Wildman–Crippen LogP) is 2.69. The zero-order valence-corrected chi connectivity index (χ0v) is 14.3. The van der Waals surface area contributed by atoms with Gasteiger partial charge < -0.3 is 25.1 Å². The second-order valence-electron chi connectivity index (χ2n) is 5.29. The molecule has 1 aromatic heterocycles. The topological polar surface area (TPSA) is 137 Å². The molecule has 2 rings (SSSR count). The number of hydrogen-bond donors (Lipinski definition) is 4. The zero-order chi connectivity index (χ0) is 19.5. The van der Waals surface area contributed by atoms with Gasteiger partial charge in [-0.3, -0.25) is 0 Å². The van der Waals surface area contributed by atoms with Crippen LogP contribution < -0.4 is 5.32 Å². The molecule has 0 fully saturated rings. The van der Waals surface area contributed by atoms with Gasteiger partial charge in [0.15, 0.2) is 0 Å². The summed E-state index contributed by atoms with van der Waals surface area (Å²) in [6.07, 6.45) is 2.33. The van der Waals surface area contributed by atoms with Gasteiger partial charge in [-0.1, -0.05) is 25.5 Å². The van der Waals surface area contributed by atoms with Crippen molar-refractivity contribution < 1.29 is 34.1 Å². The number of benzene rings is 1. The van der Waals surface area contributed by atoms with Crippen molar-refractivity contribution in [1.29, 1.82) is 0 Å². The summed E-state index contributed by atoms with van der Waals surface area (Å²) >= 11 is 0. The summed E-state index contributed by atoms with van der Waals surface area (Å²) in [5.41, 5.74) is 1.16. The van der Waals surface area contributed by atoms with E-state index in [0.717, 1.165) is 30.0 Å². The molecule has 1 heterocycles. The summed E-state index contributed by atoms with van der Waals surface area (Å²) < 4.78 is 5.74. The number of aromatic carboxylic acids is 1. The molecule has 1 aromatic carbocycles. The van der Waals surface area contributed by atoms with Crippen molar-refractivity contribution in [2.24, 2.45) is 0 Å². The van der Waals surface area contributed by atoms with Crippen LogP contribution in [0.5, 0.6) is 0 Å². The van der Waals surface area contributed by atoms with E-state index in [-0.39, 0.29) is 5.56 Å². The first-order valence-corrected chi connectivity index (χ1v) is 7.94. The summed E-state index contributed by atoms with van der Waals surface area (Å²) in [4.78, 5) is 29.0. The highest BCUT2D eigenvalue weighted by Crippen LogP contribution is 2.22. The lowest BCUT2D eigenvalue weighted by Crippen LogP contribution is -2.13. The van der Waals surface area contributed by atoms with Gasteiger partial charge in [0, 0.05) is 5.56 Å². The van der Waals surface area contributed by atoms with Gasteiger partial charge in [0.05, 0.1) is 12.1 Å². The number of unbranched alkanes of at least 4 members (excludes halogenated alkanes) is 1. The molecule has 0 unspecified atom stereocenters. The van der Waals surface area contributed by atoms with Crippen LogP contribution in [0.1, 0.15) is 35.9 Å². The fourth-order valence-electron chi connectivity index (χ4n) is 1.92. The zero-order valence-electron chi connectivity index (χ0n) is 14.3. The first-order valence-electron chi connectivity index (χ1n) is 7.94. The summed E-state index contributed by atoms with van der Waals surface area (Å²) in [6, 6.07) is 10.5. The van der Waals surface area contributed by atoms with Crippen molar-refractivity contribution in [3.8, 4) is 11.3 Å². The summed E-state index contributed by atoms with van der Waals surface area (Å²) in [7, 11) is 0. The fourth-order valence-corrected chi connectivity index (χ4v) is 1.92. The molecule has 0 spiro atoms. The second-order valence-corrected chi connectivity index (χ2v) is 5.29. The van der Waals surface area contributed by atoms with Crippen LogP contribution in [0.2, 0.25) is 0 Å². The van der Waals surface area contributed by atoms with E-state index < -0.39 is 17.9 Å². The lowest BCUT2D eigenvalue weighted by Gasteiger charge is -2.01. The summed E-state index contributed by atoms with van der Waals surface area (Å²) in [5, 5.41) is 27.0. The van der Waals surface area contributed by atoms with Crippen molar-refractivity contribution in [1.82, 2.24) is 5.32 Å². The van der Waals surface area contributed by atoms with Crippen molar-refractivity contribution >= 4 is 17.9 Å². The largest absolute Gasteiger partial charge is 0.478 e. The second kappa shape index (κ2) is 10.7. The lowest BCUT2D eigenvalue weighted by molar-refractivity contribution is -0.159. The predicted molar refractivity (Wildman–Crippen MR) is 93.0 cm³/mol. The molecule has 140 valence electrons. The van der Waals surface area contributed by atoms with E-state index in [9.17, 15) is 4.79 Å². The van der Waals surface area contributed by atoms with Gasteiger partial charge in [-0.15, -0.1) is 0 Å². The highest BCUT2D eigenvalue weighted by atomic mass is 16.4. The van der Waals surface area contributed by atoms with Crippen LogP contribution in [0.4, 0.5) is 0 Å². The molecule has 26 heavy (non-hydrogen) atoms. The number of hydrogen-bond acceptors (Lipinski definition) is 5. The molecule has 8 nitrogen and oxygen atoms in total. The minimum Gasteiger partial charge on any atom is -0.478 e. The van der Waals surface area contributed by atoms with Crippen LogP contribution in [0.3, 0.4) is 0 Å². The maximum absolute atomic E-state index is 10.8. The third-order valence-electron chi connectivity index (χ3n) is 3.27. The Morgan fingerprint density at radius 1 is 0.962 bits per heavy atom. The molecule has 0 radical (unpaired) electrons. The van der Waals surface area contributed by atoms with Gasteiger partial charge in [-0.25, -0.2) is 14.4 Å². The summed E-state index contributed by atoms with van der Waals surface area (Å²) in [6.45, 7) is 3.86. The van der Waals surface area contributed by atoms with Crippen molar-refractivity contribution in [2.75, 3.05) is 6.54 Å². The Bertz CT molecular complexity index is 722. The minimum absolute atomic E-state index is 0.279. The highest BCUT2D eigenvalue weighted by Gasteiger charge is 2.07. The third-order valence-corrected chi connectivity index (χ3v) is 3.27. The molecule has 0 aliphatic heterocycles. The summed E-state index contributed by atoms with van der Waals surface area (Å²) in [5.74, 6) is -2.92. The molecule has 0 bridgehead atoms. The Morgan fingerprint density at radius 2 is 1.58 bits per heavy atom.